The number of halogens is 2. The lowest BCUT2D eigenvalue weighted by molar-refractivity contribution is -0.121. The van der Waals surface area contributed by atoms with Crippen LogP contribution in [-0.4, -0.2) is 40.6 Å². The van der Waals surface area contributed by atoms with E-state index in [1.165, 1.54) is 5.56 Å². The molecular formula is C28H28Cl2N4O2. The van der Waals surface area contributed by atoms with Crippen LogP contribution in [0.15, 0.2) is 66.7 Å². The molecule has 36 heavy (non-hydrogen) atoms. The zero-order valence-corrected chi connectivity index (χ0v) is 21.6. The first-order chi connectivity index (χ1) is 17.5. The number of piperidine rings is 1. The van der Waals surface area contributed by atoms with Gasteiger partial charge >= 0.3 is 0 Å². The molecule has 0 radical (unpaired) electrons. The number of nitrogens with one attached hydrogen (secondary N) is 1. The van der Waals surface area contributed by atoms with Gasteiger partial charge in [0.25, 0.3) is 0 Å². The van der Waals surface area contributed by atoms with E-state index in [4.69, 9.17) is 32.9 Å². The highest BCUT2D eigenvalue weighted by Gasteiger charge is 2.26. The van der Waals surface area contributed by atoms with Gasteiger partial charge in [0.2, 0.25) is 5.91 Å². The number of benzene rings is 3. The van der Waals surface area contributed by atoms with Crippen LogP contribution in [0.1, 0.15) is 24.2 Å². The van der Waals surface area contributed by atoms with Gasteiger partial charge in [0.1, 0.15) is 11.6 Å². The highest BCUT2D eigenvalue weighted by atomic mass is 35.5. The second-order valence-corrected chi connectivity index (χ2v) is 9.96. The highest BCUT2D eigenvalue weighted by Crippen LogP contribution is 2.28. The number of amides is 1. The monoisotopic (exact) mass is 522 g/mol. The van der Waals surface area contributed by atoms with Gasteiger partial charge in [-0.2, -0.15) is 0 Å². The first-order valence-corrected chi connectivity index (χ1v) is 12.8. The molecule has 1 saturated heterocycles. The van der Waals surface area contributed by atoms with E-state index in [0.717, 1.165) is 61.6 Å². The Kier molecular flexibility index (Phi) is 7.46. The van der Waals surface area contributed by atoms with E-state index in [1.807, 2.05) is 18.2 Å². The molecule has 1 amide bonds. The number of para-hydroxylation sites is 2. The SMILES string of the molecule is COc1ccc(Cn2c(CN3CCC(C(=O)Nc4ccc(Cl)cc4Cl)CC3)nc3ccccc32)cc1. The Morgan fingerprint density at radius 2 is 1.78 bits per heavy atom. The summed E-state index contributed by atoms with van der Waals surface area (Å²) >= 11 is 12.2. The Morgan fingerprint density at radius 3 is 2.50 bits per heavy atom. The molecule has 0 spiro atoms. The molecule has 0 unspecified atom stereocenters. The molecule has 1 aliphatic rings. The number of carbonyl (C=O) groups excluding carboxylic acids is 1. The number of rotatable bonds is 7. The second kappa shape index (κ2) is 10.9. The van der Waals surface area contributed by atoms with Crippen molar-refractivity contribution in [3.63, 3.8) is 0 Å². The van der Waals surface area contributed by atoms with Crippen LogP contribution < -0.4 is 10.1 Å². The quantitative estimate of drug-likeness (QED) is 0.311. The molecule has 4 aromatic rings. The first kappa shape index (κ1) is 24.6. The summed E-state index contributed by atoms with van der Waals surface area (Å²) in [6.45, 7) is 3.14. The van der Waals surface area contributed by atoms with E-state index in [2.05, 4.69) is 45.1 Å². The number of carbonyl (C=O) groups is 1. The van der Waals surface area contributed by atoms with Crippen molar-refractivity contribution in [2.24, 2.45) is 5.92 Å². The maximum absolute atomic E-state index is 12.8. The summed E-state index contributed by atoms with van der Waals surface area (Å²) in [6.07, 6.45) is 1.57. The first-order valence-electron chi connectivity index (χ1n) is 12.1. The highest BCUT2D eigenvalue weighted by molar-refractivity contribution is 6.36. The molecule has 0 bridgehead atoms. The van der Waals surface area contributed by atoms with Gasteiger partial charge in [0.05, 0.1) is 35.4 Å². The largest absolute Gasteiger partial charge is 0.497 e. The van der Waals surface area contributed by atoms with Crippen LogP contribution in [0.3, 0.4) is 0 Å². The van der Waals surface area contributed by atoms with Crippen LogP contribution in [0, 0.1) is 5.92 Å². The van der Waals surface area contributed by atoms with Crippen molar-refractivity contribution in [2.45, 2.75) is 25.9 Å². The van der Waals surface area contributed by atoms with Gasteiger partial charge in [-0.15, -0.1) is 0 Å². The Morgan fingerprint density at radius 1 is 1.03 bits per heavy atom. The van der Waals surface area contributed by atoms with Crippen molar-refractivity contribution < 1.29 is 9.53 Å². The minimum Gasteiger partial charge on any atom is -0.497 e. The zero-order chi connectivity index (χ0) is 25.1. The normalized spacial score (nSPS) is 14.8. The lowest BCUT2D eigenvalue weighted by Crippen LogP contribution is -2.38. The molecule has 0 saturated carbocycles. The van der Waals surface area contributed by atoms with E-state index in [9.17, 15) is 4.79 Å². The summed E-state index contributed by atoms with van der Waals surface area (Å²) in [7, 11) is 1.68. The number of likely N-dealkylation sites (tertiary alicyclic amines) is 1. The van der Waals surface area contributed by atoms with Crippen molar-refractivity contribution in [1.29, 1.82) is 0 Å². The minimum atomic E-state index is -0.0499. The molecule has 186 valence electrons. The predicted octanol–water partition coefficient (Wildman–Crippen LogP) is 6.25. The molecule has 5 rings (SSSR count). The van der Waals surface area contributed by atoms with Crippen LogP contribution in [0.25, 0.3) is 11.0 Å². The van der Waals surface area contributed by atoms with Gasteiger partial charge in [0, 0.05) is 17.5 Å². The molecule has 2 heterocycles. The molecule has 3 aromatic carbocycles. The average Bonchev–Trinajstić information content (AvgIpc) is 3.23. The van der Waals surface area contributed by atoms with Crippen molar-refractivity contribution in [3.05, 3.63) is 88.2 Å². The number of nitrogens with zero attached hydrogens (tertiary/aromatic N) is 3. The smallest absolute Gasteiger partial charge is 0.227 e. The fraction of sp³-hybridized carbons (Fsp3) is 0.286. The standard InChI is InChI=1S/C28H28Cl2N4O2/c1-36-22-9-6-19(7-10-22)17-34-26-5-3-2-4-25(26)31-27(34)18-33-14-12-20(13-15-33)28(35)32-24-11-8-21(29)16-23(24)30/h2-11,16,20H,12-15,17-18H2,1H3,(H,32,35). The summed E-state index contributed by atoms with van der Waals surface area (Å²) in [5.74, 6) is 1.83. The number of imidazole rings is 1. The molecule has 8 heteroatoms. The van der Waals surface area contributed by atoms with Gasteiger partial charge < -0.3 is 14.6 Å². The number of hydrogen-bond acceptors (Lipinski definition) is 4. The minimum absolute atomic E-state index is 0.00520. The molecule has 6 nitrogen and oxygen atoms in total. The third-order valence-electron chi connectivity index (χ3n) is 6.75. The van der Waals surface area contributed by atoms with E-state index in [0.29, 0.717) is 15.7 Å². The fourth-order valence-corrected chi connectivity index (χ4v) is 5.17. The molecular weight excluding hydrogens is 495 g/mol. The second-order valence-electron chi connectivity index (χ2n) is 9.11. The van der Waals surface area contributed by atoms with E-state index >= 15 is 0 Å². The predicted molar refractivity (Wildman–Crippen MR) is 145 cm³/mol. The number of methoxy groups -OCH3 is 1. The van der Waals surface area contributed by atoms with Crippen molar-refractivity contribution in [3.8, 4) is 5.75 Å². The van der Waals surface area contributed by atoms with Crippen LogP contribution in [0.5, 0.6) is 5.75 Å². The average molecular weight is 523 g/mol. The number of fused-ring (bicyclic) bond motifs is 1. The summed E-state index contributed by atoms with van der Waals surface area (Å²) in [6, 6.07) is 21.5. The van der Waals surface area contributed by atoms with E-state index < -0.39 is 0 Å². The Labute approximate surface area is 220 Å². The Balaban J connectivity index is 1.25. The van der Waals surface area contributed by atoms with Crippen molar-refractivity contribution in [2.75, 3.05) is 25.5 Å². The summed E-state index contributed by atoms with van der Waals surface area (Å²) in [5.41, 5.74) is 3.91. The summed E-state index contributed by atoms with van der Waals surface area (Å²) < 4.78 is 7.59. The third-order valence-corrected chi connectivity index (χ3v) is 7.29. The van der Waals surface area contributed by atoms with E-state index in [-0.39, 0.29) is 11.8 Å². The molecule has 1 fully saturated rings. The zero-order valence-electron chi connectivity index (χ0n) is 20.1. The third kappa shape index (κ3) is 5.51. The molecule has 1 aliphatic heterocycles. The summed E-state index contributed by atoms with van der Waals surface area (Å²) in [4.78, 5) is 20.2. The van der Waals surface area contributed by atoms with Crippen LogP contribution in [-0.2, 0) is 17.9 Å². The maximum Gasteiger partial charge on any atom is 0.227 e. The van der Waals surface area contributed by atoms with Gasteiger partial charge in [0.15, 0.2) is 0 Å². The van der Waals surface area contributed by atoms with E-state index in [1.54, 1.807) is 25.3 Å². The lowest BCUT2D eigenvalue weighted by Gasteiger charge is -2.31. The molecule has 1 aromatic heterocycles. The van der Waals surface area contributed by atoms with Crippen molar-refractivity contribution in [1.82, 2.24) is 14.5 Å². The van der Waals surface area contributed by atoms with Gasteiger partial charge in [-0.3, -0.25) is 9.69 Å². The number of aromatic nitrogens is 2. The summed E-state index contributed by atoms with van der Waals surface area (Å²) in [5, 5.41) is 3.95. The molecule has 0 atom stereocenters. The van der Waals surface area contributed by atoms with Crippen molar-refractivity contribution >= 4 is 45.8 Å². The molecule has 0 aliphatic carbocycles. The maximum atomic E-state index is 12.8. The van der Waals surface area contributed by atoms with Gasteiger partial charge in [-0.25, -0.2) is 4.98 Å². The van der Waals surface area contributed by atoms with Gasteiger partial charge in [-0.05, 0) is 74.0 Å². The Bertz CT molecular complexity index is 1360. The topological polar surface area (TPSA) is 59.4 Å². The van der Waals surface area contributed by atoms with Gasteiger partial charge in [-0.1, -0.05) is 47.5 Å². The van der Waals surface area contributed by atoms with Crippen LogP contribution in [0.2, 0.25) is 10.0 Å². The van der Waals surface area contributed by atoms with Crippen LogP contribution >= 0.6 is 23.2 Å². The lowest BCUT2D eigenvalue weighted by atomic mass is 9.96. The fourth-order valence-electron chi connectivity index (χ4n) is 4.71. The Hall–Kier alpha value is -3.06. The number of anilines is 1. The molecule has 1 N–H and O–H groups in total. The number of hydrogen-bond donors (Lipinski definition) is 1. The number of ether oxygens (including phenoxy) is 1. The van der Waals surface area contributed by atoms with Crippen LogP contribution in [0.4, 0.5) is 5.69 Å².